The van der Waals surface area contributed by atoms with Crippen LogP contribution in [0.4, 0.5) is 0 Å². The lowest BCUT2D eigenvalue weighted by molar-refractivity contribution is 0.496. The number of hydrogen-bond acceptors (Lipinski definition) is 2. The SMILES string of the molecule is CCCNCc1oc2c(C(C)(C)C)ccc(C)c2c1CC. The van der Waals surface area contributed by atoms with Crippen LogP contribution in [-0.2, 0) is 18.4 Å². The van der Waals surface area contributed by atoms with Crippen molar-refractivity contribution < 1.29 is 4.42 Å². The lowest BCUT2D eigenvalue weighted by Crippen LogP contribution is -2.14. The number of fused-ring (bicyclic) bond motifs is 1. The van der Waals surface area contributed by atoms with Gasteiger partial charge in [0.25, 0.3) is 0 Å². The van der Waals surface area contributed by atoms with Crippen LogP contribution >= 0.6 is 0 Å². The normalized spacial score (nSPS) is 12.3. The minimum atomic E-state index is 0.100. The molecule has 0 aliphatic carbocycles. The molecule has 0 saturated carbocycles. The molecule has 2 heteroatoms. The maximum Gasteiger partial charge on any atom is 0.138 e. The molecule has 1 N–H and O–H groups in total. The number of hydrogen-bond donors (Lipinski definition) is 1. The molecule has 1 heterocycles. The number of nitrogens with one attached hydrogen (secondary N) is 1. The van der Waals surface area contributed by atoms with Gasteiger partial charge in [-0.15, -0.1) is 0 Å². The summed E-state index contributed by atoms with van der Waals surface area (Å²) in [7, 11) is 0. The van der Waals surface area contributed by atoms with Crippen LogP contribution in [0, 0.1) is 6.92 Å². The third-order valence-electron chi connectivity index (χ3n) is 4.10. The molecule has 2 rings (SSSR count). The maximum atomic E-state index is 6.31. The highest BCUT2D eigenvalue weighted by atomic mass is 16.3. The smallest absolute Gasteiger partial charge is 0.138 e. The molecule has 0 aliphatic rings. The van der Waals surface area contributed by atoms with Crippen molar-refractivity contribution in [1.29, 1.82) is 0 Å². The minimum Gasteiger partial charge on any atom is -0.459 e. The van der Waals surface area contributed by atoms with E-state index in [1.807, 2.05) is 0 Å². The summed E-state index contributed by atoms with van der Waals surface area (Å²) in [5.41, 5.74) is 5.19. The van der Waals surface area contributed by atoms with Gasteiger partial charge in [0.1, 0.15) is 11.3 Å². The van der Waals surface area contributed by atoms with E-state index in [1.165, 1.54) is 22.1 Å². The van der Waals surface area contributed by atoms with Gasteiger partial charge in [0.05, 0.1) is 6.54 Å². The Morgan fingerprint density at radius 3 is 2.43 bits per heavy atom. The van der Waals surface area contributed by atoms with Crippen LogP contribution in [0.15, 0.2) is 16.5 Å². The summed E-state index contributed by atoms with van der Waals surface area (Å²) >= 11 is 0. The Morgan fingerprint density at radius 1 is 1.14 bits per heavy atom. The zero-order chi connectivity index (χ0) is 15.6. The molecular weight excluding hydrogens is 258 g/mol. The number of rotatable bonds is 5. The summed E-state index contributed by atoms with van der Waals surface area (Å²) in [5.74, 6) is 1.11. The molecule has 0 saturated heterocycles. The van der Waals surface area contributed by atoms with Gasteiger partial charge in [-0.05, 0) is 37.3 Å². The molecule has 0 spiro atoms. The van der Waals surface area contributed by atoms with Crippen LogP contribution in [0.1, 0.15) is 63.5 Å². The van der Waals surface area contributed by atoms with Gasteiger partial charge in [-0.3, -0.25) is 0 Å². The topological polar surface area (TPSA) is 25.2 Å². The van der Waals surface area contributed by atoms with E-state index in [-0.39, 0.29) is 5.41 Å². The van der Waals surface area contributed by atoms with E-state index in [4.69, 9.17) is 4.42 Å². The van der Waals surface area contributed by atoms with E-state index in [0.717, 1.165) is 37.3 Å². The second kappa shape index (κ2) is 6.23. The maximum absolute atomic E-state index is 6.31. The zero-order valence-electron chi connectivity index (χ0n) is 14.4. The van der Waals surface area contributed by atoms with Crippen LogP contribution in [0.3, 0.4) is 0 Å². The molecule has 21 heavy (non-hydrogen) atoms. The van der Waals surface area contributed by atoms with Crippen molar-refractivity contribution in [2.24, 2.45) is 0 Å². The molecule has 1 aromatic carbocycles. The third kappa shape index (κ3) is 3.16. The Morgan fingerprint density at radius 2 is 1.86 bits per heavy atom. The fourth-order valence-corrected chi connectivity index (χ4v) is 2.97. The minimum absolute atomic E-state index is 0.100. The molecule has 2 aromatic rings. The first kappa shape index (κ1) is 16.1. The standard InChI is InChI=1S/C19H29NO/c1-7-11-20-12-16-14(8-2)17-13(3)9-10-15(18(17)21-16)19(4,5)6/h9-10,20H,7-8,11-12H2,1-6H3. The van der Waals surface area contributed by atoms with Gasteiger partial charge >= 0.3 is 0 Å². The Hall–Kier alpha value is -1.28. The second-order valence-corrected chi connectivity index (χ2v) is 6.92. The van der Waals surface area contributed by atoms with E-state index >= 15 is 0 Å². The molecule has 0 bridgehead atoms. The van der Waals surface area contributed by atoms with E-state index < -0.39 is 0 Å². The van der Waals surface area contributed by atoms with Gasteiger partial charge in [-0.1, -0.05) is 46.8 Å². The highest BCUT2D eigenvalue weighted by Gasteiger charge is 2.23. The van der Waals surface area contributed by atoms with Crippen molar-refractivity contribution in [3.05, 3.63) is 34.6 Å². The highest BCUT2D eigenvalue weighted by Crippen LogP contribution is 2.36. The van der Waals surface area contributed by atoms with Crippen LogP contribution in [0.25, 0.3) is 11.0 Å². The highest BCUT2D eigenvalue weighted by molar-refractivity contribution is 5.89. The quantitative estimate of drug-likeness (QED) is 0.774. The van der Waals surface area contributed by atoms with Crippen LogP contribution in [0.2, 0.25) is 0 Å². The lowest BCUT2D eigenvalue weighted by Gasteiger charge is -2.19. The molecular formula is C19H29NO. The molecule has 116 valence electrons. The van der Waals surface area contributed by atoms with Crippen LogP contribution in [0.5, 0.6) is 0 Å². The Labute approximate surface area is 128 Å². The van der Waals surface area contributed by atoms with Crippen LogP contribution in [-0.4, -0.2) is 6.54 Å². The Kier molecular flexibility index (Phi) is 4.77. The van der Waals surface area contributed by atoms with Gasteiger partial charge in [0.2, 0.25) is 0 Å². The fourth-order valence-electron chi connectivity index (χ4n) is 2.97. The average molecular weight is 287 g/mol. The molecule has 0 aliphatic heterocycles. The predicted octanol–water partition coefficient (Wildman–Crippen LogP) is 5.10. The summed E-state index contributed by atoms with van der Waals surface area (Å²) < 4.78 is 6.31. The summed E-state index contributed by atoms with van der Waals surface area (Å²) in [6.07, 6.45) is 2.17. The monoisotopic (exact) mass is 287 g/mol. The molecule has 0 fully saturated rings. The van der Waals surface area contributed by atoms with Gasteiger partial charge < -0.3 is 9.73 Å². The fraction of sp³-hybridized carbons (Fsp3) is 0.579. The lowest BCUT2D eigenvalue weighted by atomic mass is 9.85. The van der Waals surface area contributed by atoms with Crippen molar-refractivity contribution in [2.75, 3.05) is 6.54 Å². The summed E-state index contributed by atoms with van der Waals surface area (Å²) in [4.78, 5) is 0. The van der Waals surface area contributed by atoms with Gasteiger partial charge in [0.15, 0.2) is 0 Å². The van der Waals surface area contributed by atoms with Crippen molar-refractivity contribution in [3.8, 4) is 0 Å². The van der Waals surface area contributed by atoms with Gasteiger partial charge in [-0.2, -0.15) is 0 Å². The molecule has 0 amide bonds. The summed E-state index contributed by atoms with van der Waals surface area (Å²) in [6.45, 7) is 15.2. The summed E-state index contributed by atoms with van der Waals surface area (Å²) in [5, 5.41) is 4.80. The first-order valence-corrected chi connectivity index (χ1v) is 8.15. The van der Waals surface area contributed by atoms with Gasteiger partial charge in [0, 0.05) is 16.5 Å². The largest absolute Gasteiger partial charge is 0.459 e. The van der Waals surface area contributed by atoms with Crippen molar-refractivity contribution in [1.82, 2.24) is 5.32 Å². The van der Waals surface area contributed by atoms with E-state index in [2.05, 4.69) is 59.0 Å². The van der Waals surface area contributed by atoms with Crippen molar-refractivity contribution in [2.45, 2.75) is 66.3 Å². The van der Waals surface area contributed by atoms with E-state index in [1.54, 1.807) is 0 Å². The first-order chi connectivity index (χ1) is 9.90. The zero-order valence-corrected chi connectivity index (χ0v) is 14.4. The molecule has 2 nitrogen and oxygen atoms in total. The van der Waals surface area contributed by atoms with E-state index in [9.17, 15) is 0 Å². The third-order valence-corrected chi connectivity index (χ3v) is 4.10. The molecule has 0 unspecified atom stereocenters. The average Bonchev–Trinajstić information content (AvgIpc) is 2.77. The van der Waals surface area contributed by atoms with Crippen LogP contribution < -0.4 is 5.32 Å². The predicted molar refractivity (Wildman–Crippen MR) is 91.0 cm³/mol. The molecule has 0 radical (unpaired) electrons. The number of benzene rings is 1. The van der Waals surface area contributed by atoms with E-state index in [0.29, 0.717) is 0 Å². The van der Waals surface area contributed by atoms with Crippen molar-refractivity contribution in [3.63, 3.8) is 0 Å². The first-order valence-electron chi connectivity index (χ1n) is 8.15. The molecule has 1 aromatic heterocycles. The Bertz CT molecular complexity index is 617. The van der Waals surface area contributed by atoms with Gasteiger partial charge in [-0.25, -0.2) is 0 Å². The number of furan rings is 1. The summed E-state index contributed by atoms with van der Waals surface area (Å²) in [6, 6.07) is 4.46. The molecule has 0 atom stereocenters. The Balaban J connectivity index is 2.59. The van der Waals surface area contributed by atoms with Crippen molar-refractivity contribution >= 4 is 11.0 Å². The number of aryl methyl sites for hydroxylation is 2. The second-order valence-electron chi connectivity index (χ2n) is 6.92.